The number of hydrogen-bond donors (Lipinski definition) is 1. The molecule has 1 N–H and O–H groups in total. The molecule has 0 aromatic rings. The standard InChI is InChI=1S/C13H23N3O2/c17-12-10-15(9-6-14-12)11-13(18)16-7-4-2-1-3-5-8-16/h1-11H2,(H,14,17). The molecule has 0 spiro atoms. The van der Waals surface area contributed by atoms with Gasteiger partial charge in [-0.25, -0.2) is 0 Å². The summed E-state index contributed by atoms with van der Waals surface area (Å²) in [5.74, 6) is 0.216. The number of likely N-dealkylation sites (tertiary alicyclic amines) is 1. The van der Waals surface area contributed by atoms with Crippen LogP contribution in [0.5, 0.6) is 0 Å². The van der Waals surface area contributed by atoms with Crippen molar-refractivity contribution in [1.82, 2.24) is 15.1 Å². The van der Waals surface area contributed by atoms with Crippen LogP contribution in [-0.2, 0) is 9.59 Å². The van der Waals surface area contributed by atoms with E-state index in [0.717, 1.165) is 32.5 Å². The topological polar surface area (TPSA) is 52.7 Å². The Morgan fingerprint density at radius 1 is 1.06 bits per heavy atom. The summed E-state index contributed by atoms with van der Waals surface area (Å²) in [7, 11) is 0. The highest BCUT2D eigenvalue weighted by atomic mass is 16.2. The molecule has 102 valence electrons. The van der Waals surface area contributed by atoms with Crippen LogP contribution in [0, 0.1) is 0 Å². The van der Waals surface area contributed by atoms with E-state index in [1.165, 1.54) is 19.3 Å². The van der Waals surface area contributed by atoms with E-state index < -0.39 is 0 Å². The van der Waals surface area contributed by atoms with Crippen molar-refractivity contribution in [2.75, 3.05) is 39.3 Å². The molecular formula is C13H23N3O2. The summed E-state index contributed by atoms with van der Waals surface area (Å²) < 4.78 is 0. The van der Waals surface area contributed by atoms with Gasteiger partial charge in [-0.05, 0) is 12.8 Å². The molecule has 0 aromatic carbocycles. The maximum Gasteiger partial charge on any atom is 0.236 e. The highest BCUT2D eigenvalue weighted by molar-refractivity contribution is 5.81. The predicted octanol–water partition coefficient (Wildman–Crippen LogP) is 0.211. The number of carbonyl (C=O) groups excluding carboxylic acids is 2. The Hall–Kier alpha value is -1.10. The van der Waals surface area contributed by atoms with E-state index in [9.17, 15) is 9.59 Å². The van der Waals surface area contributed by atoms with Crippen LogP contribution in [0.4, 0.5) is 0 Å². The average molecular weight is 253 g/mol. The normalized spacial score (nSPS) is 23.1. The fourth-order valence-corrected chi connectivity index (χ4v) is 2.61. The maximum atomic E-state index is 12.2. The minimum Gasteiger partial charge on any atom is -0.354 e. The Labute approximate surface area is 108 Å². The Morgan fingerprint density at radius 2 is 1.72 bits per heavy atom. The SMILES string of the molecule is O=C1CN(CC(=O)N2CCCCCCC2)CCN1. The first-order valence-electron chi connectivity index (χ1n) is 7.02. The molecule has 2 fully saturated rings. The van der Waals surface area contributed by atoms with Gasteiger partial charge >= 0.3 is 0 Å². The molecule has 0 atom stereocenters. The van der Waals surface area contributed by atoms with E-state index >= 15 is 0 Å². The number of piperazine rings is 1. The number of nitrogens with zero attached hydrogens (tertiary/aromatic N) is 2. The number of nitrogens with one attached hydrogen (secondary N) is 1. The molecule has 0 aromatic heterocycles. The third-order valence-corrected chi connectivity index (χ3v) is 3.69. The first-order valence-corrected chi connectivity index (χ1v) is 7.02. The summed E-state index contributed by atoms with van der Waals surface area (Å²) in [6.45, 7) is 3.97. The van der Waals surface area contributed by atoms with Gasteiger partial charge in [0.2, 0.25) is 11.8 Å². The van der Waals surface area contributed by atoms with Crippen LogP contribution in [0.3, 0.4) is 0 Å². The fourth-order valence-electron chi connectivity index (χ4n) is 2.61. The minimum absolute atomic E-state index is 0.0294. The van der Waals surface area contributed by atoms with Gasteiger partial charge in [-0.3, -0.25) is 14.5 Å². The average Bonchev–Trinajstić information content (AvgIpc) is 2.28. The van der Waals surface area contributed by atoms with Crippen molar-refractivity contribution < 1.29 is 9.59 Å². The smallest absolute Gasteiger partial charge is 0.236 e. The Morgan fingerprint density at radius 3 is 2.39 bits per heavy atom. The molecule has 2 aliphatic rings. The summed E-state index contributed by atoms with van der Waals surface area (Å²) in [6.07, 6.45) is 6.00. The second-order valence-electron chi connectivity index (χ2n) is 5.21. The summed E-state index contributed by atoms with van der Waals surface area (Å²) in [6, 6.07) is 0. The van der Waals surface area contributed by atoms with Gasteiger partial charge in [0.15, 0.2) is 0 Å². The fraction of sp³-hybridized carbons (Fsp3) is 0.846. The Balaban J connectivity index is 1.79. The van der Waals surface area contributed by atoms with Gasteiger partial charge in [0, 0.05) is 26.2 Å². The second-order valence-corrected chi connectivity index (χ2v) is 5.21. The van der Waals surface area contributed by atoms with Crippen molar-refractivity contribution in [1.29, 1.82) is 0 Å². The molecule has 0 saturated carbocycles. The van der Waals surface area contributed by atoms with Gasteiger partial charge < -0.3 is 10.2 Å². The zero-order valence-corrected chi connectivity index (χ0v) is 11.0. The second kappa shape index (κ2) is 6.73. The largest absolute Gasteiger partial charge is 0.354 e. The van der Waals surface area contributed by atoms with Crippen LogP contribution in [-0.4, -0.2) is 60.9 Å². The molecule has 5 nitrogen and oxygen atoms in total. The highest BCUT2D eigenvalue weighted by Gasteiger charge is 2.21. The van der Waals surface area contributed by atoms with Crippen LogP contribution >= 0.6 is 0 Å². The molecule has 5 heteroatoms. The zero-order chi connectivity index (χ0) is 12.8. The van der Waals surface area contributed by atoms with E-state index in [2.05, 4.69) is 5.32 Å². The van der Waals surface area contributed by atoms with E-state index in [-0.39, 0.29) is 11.8 Å². The Bertz CT molecular complexity index is 299. The van der Waals surface area contributed by atoms with Crippen molar-refractivity contribution >= 4 is 11.8 Å². The molecule has 2 amide bonds. The molecule has 2 saturated heterocycles. The molecule has 2 rings (SSSR count). The summed E-state index contributed by atoms with van der Waals surface area (Å²) in [5.41, 5.74) is 0. The summed E-state index contributed by atoms with van der Waals surface area (Å²) in [4.78, 5) is 27.4. The lowest BCUT2D eigenvalue weighted by Crippen LogP contribution is -2.51. The van der Waals surface area contributed by atoms with Gasteiger partial charge in [-0.15, -0.1) is 0 Å². The molecule has 0 bridgehead atoms. The monoisotopic (exact) mass is 253 g/mol. The van der Waals surface area contributed by atoms with E-state index in [4.69, 9.17) is 0 Å². The van der Waals surface area contributed by atoms with Crippen LogP contribution < -0.4 is 5.32 Å². The number of rotatable bonds is 2. The molecule has 2 aliphatic heterocycles. The molecule has 2 heterocycles. The molecule has 0 unspecified atom stereocenters. The summed E-state index contributed by atoms with van der Waals surface area (Å²) >= 11 is 0. The Kier molecular flexibility index (Phi) is 4.99. The predicted molar refractivity (Wildman–Crippen MR) is 69.1 cm³/mol. The van der Waals surface area contributed by atoms with Gasteiger partial charge in [0.25, 0.3) is 0 Å². The van der Waals surface area contributed by atoms with Crippen molar-refractivity contribution in [3.05, 3.63) is 0 Å². The zero-order valence-electron chi connectivity index (χ0n) is 11.0. The molecular weight excluding hydrogens is 230 g/mol. The number of carbonyl (C=O) groups is 2. The van der Waals surface area contributed by atoms with Crippen LogP contribution in [0.15, 0.2) is 0 Å². The minimum atomic E-state index is 0.0294. The van der Waals surface area contributed by atoms with Crippen molar-refractivity contribution in [2.45, 2.75) is 32.1 Å². The lowest BCUT2D eigenvalue weighted by atomic mass is 10.1. The van der Waals surface area contributed by atoms with E-state index in [1.807, 2.05) is 9.80 Å². The van der Waals surface area contributed by atoms with Gasteiger partial charge in [0.1, 0.15) is 0 Å². The lowest BCUT2D eigenvalue weighted by Gasteiger charge is -2.30. The number of amides is 2. The van der Waals surface area contributed by atoms with Crippen molar-refractivity contribution in [3.8, 4) is 0 Å². The third kappa shape index (κ3) is 3.98. The quantitative estimate of drug-likeness (QED) is 0.765. The first-order chi connectivity index (χ1) is 8.75. The highest BCUT2D eigenvalue weighted by Crippen LogP contribution is 2.11. The van der Waals surface area contributed by atoms with Gasteiger partial charge in [-0.2, -0.15) is 0 Å². The molecule has 0 radical (unpaired) electrons. The van der Waals surface area contributed by atoms with Crippen LogP contribution in [0.1, 0.15) is 32.1 Å². The number of hydrogen-bond acceptors (Lipinski definition) is 3. The van der Waals surface area contributed by atoms with Crippen molar-refractivity contribution in [2.24, 2.45) is 0 Å². The maximum absolute atomic E-state index is 12.2. The van der Waals surface area contributed by atoms with Crippen LogP contribution in [0.25, 0.3) is 0 Å². The van der Waals surface area contributed by atoms with Crippen LogP contribution in [0.2, 0.25) is 0 Å². The summed E-state index contributed by atoms with van der Waals surface area (Å²) in [5, 5.41) is 2.78. The third-order valence-electron chi connectivity index (χ3n) is 3.69. The van der Waals surface area contributed by atoms with Gasteiger partial charge in [0.05, 0.1) is 13.1 Å². The van der Waals surface area contributed by atoms with E-state index in [1.54, 1.807) is 0 Å². The van der Waals surface area contributed by atoms with Crippen molar-refractivity contribution in [3.63, 3.8) is 0 Å². The van der Waals surface area contributed by atoms with Gasteiger partial charge in [-0.1, -0.05) is 19.3 Å². The lowest BCUT2D eigenvalue weighted by molar-refractivity contribution is -0.134. The molecule has 18 heavy (non-hydrogen) atoms. The molecule has 0 aliphatic carbocycles. The van der Waals surface area contributed by atoms with E-state index in [0.29, 0.717) is 19.6 Å². The first kappa shape index (κ1) is 13.3.